The fourth-order valence-corrected chi connectivity index (χ4v) is 4.21. The molecule has 0 bridgehead atoms. The summed E-state index contributed by atoms with van der Waals surface area (Å²) in [6.07, 6.45) is 2.65. The molecule has 5 nitrogen and oxygen atoms in total. The first-order chi connectivity index (χ1) is 14.4. The number of halogens is 3. The van der Waals surface area contributed by atoms with E-state index in [1.165, 1.54) is 16.7 Å². The van der Waals surface area contributed by atoms with Crippen LogP contribution < -0.4 is 9.64 Å². The third kappa shape index (κ3) is 4.46. The summed E-state index contributed by atoms with van der Waals surface area (Å²) in [5.41, 5.74) is 1.36. The lowest BCUT2D eigenvalue weighted by Crippen LogP contribution is -2.27. The Kier molecular flexibility index (Phi) is 6.01. The first-order valence-electron chi connectivity index (χ1n) is 8.40. The van der Waals surface area contributed by atoms with Crippen molar-refractivity contribution in [3.8, 4) is 11.6 Å². The van der Waals surface area contributed by atoms with Gasteiger partial charge in [-0.05, 0) is 53.6 Å². The maximum atomic E-state index is 13.7. The van der Waals surface area contributed by atoms with Crippen molar-refractivity contribution >= 4 is 69.2 Å². The molecule has 4 rings (SSSR count). The van der Waals surface area contributed by atoms with Gasteiger partial charge in [0, 0.05) is 5.02 Å². The molecule has 1 aliphatic heterocycles. The molecule has 150 valence electrons. The van der Waals surface area contributed by atoms with Crippen molar-refractivity contribution in [3.05, 3.63) is 81.3 Å². The number of carbonyl (C=O) groups excluding carboxylic acids is 1. The monoisotopic (exact) mass is 477 g/mol. The Morgan fingerprint density at radius 2 is 1.93 bits per heavy atom. The van der Waals surface area contributed by atoms with Gasteiger partial charge in [-0.2, -0.15) is 9.37 Å². The maximum Gasteiger partial charge on any atom is 0.270 e. The number of amides is 1. The topological polar surface area (TPSA) is 55.3 Å². The molecule has 1 aliphatic rings. The van der Waals surface area contributed by atoms with Crippen molar-refractivity contribution in [1.29, 1.82) is 0 Å². The van der Waals surface area contributed by atoms with Crippen molar-refractivity contribution in [2.24, 2.45) is 0 Å². The lowest BCUT2D eigenvalue weighted by atomic mass is 10.2. The van der Waals surface area contributed by atoms with E-state index < -0.39 is 5.82 Å². The van der Waals surface area contributed by atoms with Gasteiger partial charge in [0.15, 0.2) is 4.32 Å². The predicted molar refractivity (Wildman–Crippen MR) is 121 cm³/mol. The average molecular weight is 478 g/mol. The molecule has 10 heteroatoms. The van der Waals surface area contributed by atoms with Crippen LogP contribution in [0.5, 0.6) is 11.6 Å². The lowest BCUT2D eigenvalue weighted by molar-refractivity contribution is -0.113. The molecule has 0 unspecified atom stereocenters. The fourth-order valence-electron chi connectivity index (χ4n) is 2.60. The Hall–Kier alpha value is -2.52. The molecule has 1 saturated heterocycles. The van der Waals surface area contributed by atoms with E-state index in [1.807, 2.05) is 0 Å². The zero-order valence-corrected chi connectivity index (χ0v) is 18.0. The van der Waals surface area contributed by atoms with E-state index >= 15 is 0 Å². The van der Waals surface area contributed by atoms with Crippen molar-refractivity contribution < 1.29 is 13.9 Å². The molecule has 0 atom stereocenters. The molecule has 1 amide bonds. The second-order valence-electron chi connectivity index (χ2n) is 5.96. The number of thiocarbonyl (C=S) groups is 1. The highest BCUT2D eigenvalue weighted by atomic mass is 35.5. The highest BCUT2D eigenvalue weighted by Gasteiger charge is 2.33. The number of anilines is 1. The number of aromatic nitrogens is 2. The number of hydrogen-bond acceptors (Lipinski definition) is 6. The van der Waals surface area contributed by atoms with Gasteiger partial charge in [-0.25, -0.2) is 4.98 Å². The minimum absolute atomic E-state index is 0.121. The molecular formula is C20H10Cl2FN3O2S2. The van der Waals surface area contributed by atoms with Gasteiger partial charge in [-0.1, -0.05) is 53.8 Å². The Morgan fingerprint density at radius 1 is 1.17 bits per heavy atom. The Bertz CT molecular complexity index is 1190. The van der Waals surface area contributed by atoms with Crippen LogP contribution in [-0.4, -0.2) is 20.2 Å². The van der Waals surface area contributed by atoms with Crippen molar-refractivity contribution in [2.75, 3.05) is 4.90 Å². The van der Waals surface area contributed by atoms with Crippen LogP contribution in [0.2, 0.25) is 10.3 Å². The van der Waals surface area contributed by atoms with Gasteiger partial charge in [0.25, 0.3) is 11.8 Å². The summed E-state index contributed by atoms with van der Waals surface area (Å²) in [5.74, 6) is -0.879. The van der Waals surface area contributed by atoms with Crippen LogP contribution in [-0.2, 0) is 4.79 Å². The normalized spacial score (nSPS) is 15.2. The summed E-state index contributed by atoms with van der Waals surface area (Å²) in [6.45, 7) is 0. The van der Waals surface area contributed by atoms with Crippen molar-refractivity contribution in [3.63, 3.8) is 0 Å². The number of hydrogen-bond donors (Lipinski definition) is 0. The Labute approximate surface area is 190 Å². The van der Waals surface area contributed by atoms with Crippen LogP contribution >= 0.6 is 47.2 Å². The Morgan fingerprint density at radius 3 is 2.67 bits per heavy atom. The first kappa shape index (κ1) is 20.7. The third-order valence-electron chi connectivity index (χ3n) is 3.94. The summed E-state index contributed by atoms with van der Waals surface area (Å²) in [5, 5.41) is 0.396. The van der Waals surface area contributed by atoms with Crippen LogP contribution in [0.15, 0.2) is 59.6 Å². The van der Waals surface area contributed by atoms with Crippen LogP contribution in [0, 0.1) is 5.82 Å². The largest absolute Gasteiger partial charge is 0.436 e. The summed E-state index contributed by atoms with van der Waals surface area (Å²) < 4.78 is 19.5. The van der Waals surface area contributed by atoms with Gasteiger partial charge in [-0.3, -0.25) is 9.69 Å². The van der Waals surface area contributed by atoms with Crippen LogP contribution in [0.3, 0.4) is 0 Å². The third-order valence-corrected chi connectivity index (χ3v) is 5.65. The molecule has 30 heavy (non-hydrogen) atoms. The zero-order chi connectivity index (χ0) is 21.3. The smallest absolute Gasteiger partial charge is 0.270 e. The fraction of sp³-hybridized carbons (Fsp3) is 0. The SMILES string of the molecule is O=C1/C(=C\c2ccc(Oc3nc(Cl)ncc3F)cc2)SC(=S)N1c1cccc(Cl)c1. The van der Waals surface area contributed by atoms with Gasteiger partial charge in [0.2, 0.25) is 11.1 Å². The predicted octanol–water partition coefficient (Wildman–Crippen LogP) is 6.12. The summed E-state index contributed by atoms with van der Waals surface area (Å²) in [6, 6.07) is 13.6. The maximum absolute atomic E-state index is 13.7. The van der Waals surface area contributed by atoms with Gasteiger partial charge in [0.05, 0.1) is 16.8 Å². The van der Waals surface area contributed by atoms with Gasteiger partial charge >= 0.3 is 0 Å². The molecule has 0 radical (unpaired) electrons. The lowest BCUT2D eigenvalue weighted by Gasteiger charge is -2.14. The number of rotatable bonds is 4. The van der Waals surface area contributed by atoms with Crippen molar-refractivity contribution in [1.82, 2.24) is 9.97 Å². The second-order valence-corrected chi connectivity index (χ2v) is 8.41. The minimum atomic E-state index is -0.729. The van der Waals surface area contributed by atoms with Gasteiger partial charge < -0.3 is 4.74 Å². The standard InChI is InChI=1S/C20H10Cl2FN3O2S2/c21-12-2-1-3-13(9-12)26-18(27)16(30-20(26)29)8-11-4-6-14(7-5-11)28-17-15(23)10-24-19(22)25-17/h1-10H/b16-8+. The van der Waals surface area contributed by atoms with E-state index in [0.29, 0.717) is 25.7 Å². The van der Waals surface area contributed by atoms with E-state index in [0.717, 1.165) is 11.8 Å². The first-order valence-corrected chi connectivity index (χ1v) is 10.4. The molecule has 3 aromatic rings. The molecule has 0 spiro atoms. The number of nitrogens with zero attached hydrogens (tertiary/aromatic N) is 3. The van der Waals surface area contributed by atoms with Crippen LogP contribution in [0.4, 0.5) is 10.1 Å². The van der Waals surface area contributed by atoms with Crippen LogP contribution in [0.1, 0.15) is 5.56 Å². The van der Waals surface area contributed by atoms with Gasteiger partial charge in [-0.15, -0.1) is 0 Å². The molecule has 0 saturated carbocycles. The van der Waals surface area contributed by atoms with E-state index in [-0.39, 0.29) is 17.1 Å². The number of thioether (sulfide) groups is 1. The summed E-state index contributed by atoms with van der Waals surface area (Å²) in [7, 11) is 0. The van der Waals surface area contributed by atoms with E-state index in [4.69, 9.17) is 40.2 Å². The highest BCUT2D eigenvalue weighted by molar-refractivity contribution is 8.27. The molecule has 0 N–H and O–H groups in total. The Balaban J connectivity index is 1.53. The van der Waals surface area contributed by atoms with E-state index in [1.54, 1.807) is 54.6 Å². The van der Waals surface area contributed by atoms with Gasteiger partial charge in [0.1, 0.15) is 5.75 Å². The molecule has 2 aromatic carbocycles. The quantitative estimate of drug-likeness (QED) is 0.256. The number of ether oxygens (including phenoxy) is 1. The highest BCUT2D eigenvalue weighted by Crippen LogP contribution is 2.37. The average Bonchev–Trinajstić information content (AvgIpc) is 2.99. The molecule has 1 fully saturated rings. The molecule has 0 aliphatic carbocycles. The summed E-state index contributed by atoms with van der Waals surface area (Å²) >= 11 is 18.2. The zero-order valence-electron chi connectivity index (χ0n) is 14.9. The van der Waals surface area contributed by atoms with E-state index in [2.05, 4.69) is 9.97 Å². The van der Waals surface area contributed by atoms with E-state index in [9.17, 15) is 9.18 Å². The minimum Gasteiger partial charge on any atom is -0.436 e. The molecular weight excluding hydrogens is 468 g/mol. The number of benzene rings is 2. The second kappa shape index (κ2) is 8.69. The molecule has 2 heterocycles. The molecule has 1 aromatic heterocycles. The van der Waals surface area contributed by atoms with Crippen molar-refractivity contribution in [2.45, 2.75) is 0 Å². The summed E-state index contributed by atoms with van der Waals surface area (Å²) in [4.78, 5) is 22.0. The number of carbonyl (C=O) groups is 1. The van der Waals surface area contributed by atoms with Crippen LogP contribution in [0.25, 0.3) is 6.08 Å².